The Morgan fingerprint density at radius 2 is 2.37 bits per heavy atom. The number of hydrogen-bond donors (Lipinski definition) is 1. The highest BCUT2D eigenvalue weighted by molar-refractivity contribution is 5.37. The Balaban J connectivity index is 2.00. The van der Waals surface area contributed by atoms with Crippen molar-refractivity contribution in [1.29, 1.82) is 0 Å². The van der Waals surface area contributed by atoms with Crippen molar-refractivity contribution in [2.45, 2.75) is 25.9 Å². The Morgan fingerprint density at radius 1 is 1.47 bits per heavy atom. The molecule has 1 fully saturated rings. The maximum Gasteiger partial charge on any atom is 0.0619 e. The van der Waals surface area contributed by atoms with Crippen LogP contribution in [0.2, 0.25) is 0 Å². The minimum absolute atomic E-state index is 0.123. The van der Waals surface area contributed by atoms with Crippen molar-refractivity contribution in [2.75, 3.05) is 26.4 Å². The molecule has 1 aromatic rings. The zero-order valence-corrected chi connectivity index (χ0v) is 11.4. The monoisotopic (exact) mass is 259 g/mol. The maximum atomic E-state index is 8.72. The van der Waals surface area contributed by atoms with Crippen LogP contribution in [0.25, 0.3) is 0 Å². The minimum atomic E-state index is 0.123. The highest BCUT2D eigenvalue weighted by Gasteiger charge is 2.18. The molecule has 1 atom stereocenters. The molecule has 2 rings (SSSR count). The van der Waals surface area contributed by atoms with Gasteiger partial charge >= 0.3 is 0 Å². The molecule has 3 nitrogen and oxygen atoms in total. The third-order valence-electron chi connectivity index (χ3n) is 3.29. The first kappa shape index (κ1) is 14.1. The lowest BCUT2D eigenvalue weighted by Crippen LogP contribution is -2.42. The summed E-state index contributed by atoms with van der Waals surface area (Å²) < 4.78 is 5.45. The van der Waals surface area contributed by atoms with Crippen molar-refractivity contribution >= 4 is 0 Å². The van der Waals surface area contributed by atoms with E-state index in [1.807, 2.05) is 12.1 Å². The number of aliphatic hydroxyl groups excluding tert-OH is 1. The SMILES string of the molecule is CC1COCCN1Cc1cccc(C#CCCO)c1. The summed E-state index contributed by atoms with van der Waals surface area (Å²) in [6.07, 6.45) is 0.532. The molecule has 3 heteroatoms. The van der Waals surface area contributed by atoms with Gasteiger partial charge in [-0.1, -0.05) is 24.0 Å². The second-order valence-corrected chi connectivity index (χ2v) is 4.87. The first-order valence-electron chi connectivity index (χ1n) is 6.80. The van der Waals surface area contributed by atoms with E-state index in [0.717, 1.165) is 31.9 Å². The summed E-state index contributed by atoms with van der Waals surface area (Å²) in [5.41, 5.74) is 2.30. The molecule has 0 amide bonds. The molecule has 0 aromatic heterocycles. The standard InChI is InChI=1S/C16H21NO2/c1-14-13-19-10-8-17(14)12-16-7-4-6-15(11-16)5-2-3-9-18/h4,6-7,11,14,18H,3,8-10,12-13H2,1H3. The highest BCUT2D eigenvalue weighted by atomic mass is 16.5. The molecule has 0 radical (unpaired) electrons. The van der Waals surface area contributed by atoms with Crippen LogP contribution in [-0.4, -0.2) is 42.4 Å². The van der Waals surface area contributed by atoms with Gasteiger partial charge in [-0.25, -0.2) is 0 Å². The van der Waals surface area contributed by atoms with Gasteiger partial charge in [0.05, 0.1) is 19.8 Å². The molecule has 1 aliphatic rings. The third-order valence-corrected chi connectivity index (χ3v) is 3.29. The van der Waals surface area contributed by atoms with Crippen molar-refractivity contribution in [1.82, 2.24) is 4.90 Å². The van der Waals surface area contributed by atoms with E-state index in [-0.39, 0.29) is 6.61 Å². The Kier molecular flexibility index (Phi) is 5.41. The molecule has 19 heavy (non-hydrogen) atoms. The number of morpholine rings is 1. The molecular weight excluding hydrogens is 238 g/mol. The zero-order valence-electron chi connectivity index (χ0n) is 11.4. The van der Waals surface area contributed by atoms with Crippen LogP contribution in [0.4, 0.5) is 0 Å². The Hall–Kier alpha value is -1.34. The summed E-state index contributed by atoms with van der Waals surface area (Å²) in [4.78, 5) is 2.43. The molecular formula is C16H21NO2. The van der Waals surface area contributed by atoms with Gasteiger partial charge in [-0.05, 0) is 24.6 Å². The van der Waals surface area contributed by atoms with Gasteiger partial charge in [0, 0.05) is 31.1 Å². The highest BCUT2D eigenvalue weighted by Crippen LogP contribution is 2.13. The quantitative estimate of drug-likeness (QED) is 0.838. The van der Waals surface area contributed by atoms with E-state index in [4.69, 9.17) is 9.84 Å². The normalized spacial score (nSPS) is 19.8. The second kappa shape index (κ2) is 7.30. The van der Waals surface area contributed by atoms with Gasteiger partial charge in [-0.2, -0.15) is 0 Å². The number of rotatable bonds is 3. The summed E-state index contributed by atoms with van der Waals surface area (Å²) in [5, 5.41) is 8.72. The van der Waals surface area contributed by atoms with Crippen LogP contribution < -0.4 is 0 Å². The van der Waals surface area contributed by atoms with Crippen molar-refractivity contribution in [3.05, 3.63) is 35.4 Å². The minimum Gasteiger partial charge on any atom is -0.395 e. The summed E-state index contributed by atoms with van der Waals surface area (Å²) in [5.74, 6) is 6.04. The maximum absolute atomic E-state index is 8.72. The fourth-order valence-corrected chi connectivity index (χ4v) is 2.20. The number of ether oxygens (including phenoxy) is 1. The topological polar surface area (TPSA) is 32.7 Å². The number of nitrogens with zero attached hydrogens (tertiary/aromatic N) is 1. The van der Waals surface area contributed by atoms with Crippen LogP contribution in [-0.2, 0) is 11.3 Å². The van der Waals surface area contributed by atoms with E-state index in [1.165, 1.54) is 5.56 Å². The van der Waals surface area contributed by atoms with Crippen LogP contribution in [0, 0.1) is 11.8 Å². The van der Waals surface area contributed by atoms with Crippen molar-refractivity contribution in [3.63, 3.8) is 0 Å². The average Bonchev–Trinajstić information content (AvgIpc) is 2.42. The third kappa shape index (κ3) is 4.36. The lowest BCUT2D eigenvalue weighted by atomic mass is 10.1. The Labute approximate surface area is 115 Å². The fourth-order valence-electron chi connectivity index (χ4n) is 2.20. The van der Waals surface area contributed by atoms with E-state index in [9.17, 15) is 0 Å². The smallest absolute Gasteiger partial charge is 0.0619 e. The summed E-state index contributed by atoms with van der Waals surface area (Å²) >= 11 is 0. The molecule has 1 aromatic carbocycles. The van der Waals surface area contributed by atoms with Gasteiger partial charge in [0.1, 0.15) is 0 Å². The molecule has 1 saturated heterocycles. The van der Waals surface area contributed by atoms with Gasteiger partial charge in [0.15, 0.2) is 0 Å². The average molecular weight is 259 g/mol. The van der Waals surface area contributed by atoms with E-state index in [0.29, 0.717) is 12.5 Å². The molecule has 102 valence electrons. The van der Waals surface area contributed by atoms with Crippen molar-refractivity contribution in [3.8, 4) is 11.8 Å². The second-order valence-electron chi connectivity index (χ2n) is 4.87. The number of benzene rings is 1. The number of hydrogen-bond acceptors (Lipinski definition) is 3. The molecule has 0 aliphatic carbocycles. The Bertz CT molecular complexity index is 461. The van der Waals surface area contributed by atoms with Crippen LogP contribution in [0.3, 0.4) is 0 Å². The van der Waals surface area contributed by atoms with E-state index >= 15 is 0 Å². The lowest BCUT2D eigenvalue weighted by molar-refractivity contribution is -0.00437. The molecule has 0 bridgehead atoms. The fraction of sp³-hybridized carbons (Fsp3) is 0.500. The first-order valence-corrected chi connectivity index (χ1v) is 6.80. The zero-order chi connectivity index (χ0) is 13.5. The van der Waals surface area contributed by atoms with Crippen LogP contribution >= 0.6 is 0 Å². The van der Waals surface area contributed by atoms with Gasteiger partial charge in [0.2, 0.25) is 0 Å². The molecule has 1 heterocycles. The molecule has 1 N–H and O–H groups in total. The summed E-state index contributed by atoms with van der Waals surface area (Å²) in [7, 11) is 0. The summed E-state index contributed by atoms with van der Waals surface area (Å²) in [6, 6.07) is 8.80. The predicted molar refractivity (Wildman–Crippen MR) is 75.7 cm³/mol. The van der Waals surface area contributed by atoms with Gasteiger partial charge in [-0.15, -0.1) is 0 Å². The summed E-state index contributed by atoms with van der Waals surface area (Å²) in [6.45, 7) is 5.89. The molecule has 0 spiro atoms. The van der Waals surface area contributed by atoms with Crippen LogP contribution in [0.15, 0.2) is 24.3 Å². The predicted octanol–water partition coefficient (Wildman–Crippen LogP) is 1.64. The van der Waals surface area contributed by atoms with Gasteiger partial charge < -0.3 is 9.84 Å². The molecule has 1 aliphatic heterocycles. The number of aliphatic hydroxyl groups is 1. The first-order chi connectivity index (χ1) is 9.29. The van der Waals surface area contributed by atoms with Crippen molar-refractivity contribution in [2.24, 2.45) is 0 Å². The largest absolute Gasteiger partial charge is 0.395 e. The van der Waals surface area contributed by atoms with E-state index < -0.39 is 0 Å². The van der Waals surface area contributed by atoms with Crippen molar-refractivity contribution < 1.29 is 9.84 Å². The van der Waals surface area contributed by atoms with Crippen LogP contribution in [0.1, 0.15) is 24.5 Å². The van der Waals surface area contributed by atoms with E-state index in [2.05, 4.69) is 35.8 Å². The van der Waals surface area contributed by atoms with Crippen LogP contribution in [0.5, 0.6) is 0 Å². The van der Waals surface area contributed by atoms with Gasteiger partial charge in [0.25, 0.3) is 0 Å². The lowest BCUT2D eigenvalue weighted by Gasteiger charge is -2.33. The Morgan fingerprint density at radius 3 is 3.16 bits per heavy atom. The molecule has 1 unspecified atom stereocenters. The van der Waals surface area contributed by atoms with E-state index in [1.54, 1.807) is 0 Å². The van der Waals surface area contributed by atoms with Gasteiger partial charge in [-0.3, -0.25) is 4.90 Å². The molecule has 0 saturated carbocycles.